The molecule has 0 aliphatic heterocycles. The Morgan fingerprint density at radius 1 is 1.24 bits per heavy atom. The molecule has 5 nitrogen and oxygen atoms in total. The molecule has 1 atom stereocenters. The minimum atomic E-state index is 0.116. The average molecular weight is 281 g/mol. The van der Waals surface area contributed by atoms with Gasteiger partial charge in [0.05, 0.1) is 11.6 Å². The number of anilines is 1. The van der Waals surface area contributed by atoms with Crippen molar-refractivity contribution in [3.8, 4) is 0 Å². The van der Waals surface area contributed by atoms with Gasteiger partial charge in [-0.25, -0.2) is 9.67 Å². The van der Waals surface area contributed by atoms with E-state index in [1.807, 2.05) is 41.9 Å². The van der Waals surface area contributed by atoms with Crippen LogP contribution in [-0.4, -0.2) is 20.0 Å². The molecule has 1 unspecified atom stereocenters. The van der Waals surface area contributed by atoms with E-state index in [0.717, 1.165) is 28.7 Å². The fourth-order valence-electron chi connectivity index (χ4n) is 2.99. The van der Waals surface area contributed by atoms with Crippen LogP contribution >= 0.6 is 0 Å². The molecule has 2 N–H and O–H groups in total. The number of benzene rings is 1. The van der Waals surface area contributed by atoms with Gasteiger partial charge < -0.3 is 5.73 Å². The minimum Gasteiger partial charge on any atom is -0.384 e. The summed E-state index contributed by atoms with van der Waals surface area (Å²) in [6, 6.07) is 10.1. The number of fused-ring (bicyclic) bond motifs is 1. The summed E-state index contributed by atoms with van der Waals surface area (Å²) >= 11 is 0. The van der Waals surface area contributed by atoms with Gasteiger partial charge in [0, 0.05) is 11.3 Å². The van der Waals surface area contributed by atoms with Gasteiger partial charge in [0.2, 0.25) is 0 Å². The number of aromatic nitrogens is 4. The van der Waals surface area contributed by atoms with E-state index in [1.54, 1.807) is 0 Å². The molecule has 0 fully saturated rings. The van der Waals surface area contributed by atoms with Crippen LogP contribution in [0.15, 0.2) is 30.3 Å². The minimum absolute atomic E-state index is 0.116. The van der Waals surface area contributed by atoms with Crippen molar-refractivity contribution >= 4 is 16.9 Å². The lowest BCUT2D eigenvalue weighted by Gasteiger charge is -2.20. The first-order valence-corrected chi connectivity index (χ1v) is 7.15. The molecule has 0 bridgehead atoms. The Morgan fingerprint density at radius 2 is 2.00 bits per heavy atom. The molecule has 0 saturated carbocycles. The van der Waals surface area contributed by atoms with Crippen LogP contribution in [0.3, 0.4) is 0 Å². The summed E-state index contributed by atoms with van der Waals surface area (Å²) in [5.74, 6) is 0.562. The maximum atomic E-state index is 5.83. The summed E-state index contributed by atoms with van der Waals surface area (Å²) in [5, 5.41) is 8.61. The molecule has 0 amide bonds. The molecule has 2 aromatic heterocycles. The van der Waals surface area contributed by atoms with Gasteiger partial charge in [-0.05, 0) is 44.0 Å². The summed E-state index contributed by atoms with van der Waals surface area (Å²) in [5.41, 5.74) is 11.1. The third kappa shape index (κ3) is 2.24. The standard InChI is InChI=1S/C16H19N5/c1-4-13(16-10(2)9-15(17)18-11(16)3)21-14-8-6-5-7-12(14)19-20-21/h5-9,13H,4H2,1-3H3,(H2,17,18). The van der Waals surface area contributed by atoms with Gasteiger partial charge in [-0.2, -0.15) is 0 Å². The molecule has 21 heavy (non-hydrogen) atoms. The summed E-state index contributed by atoms with van der Waals surface area (Å²) in [7, 11) is 0. The molecule has 0 aliphatic carbocycles. The number of para-hydroxylation sites is 1. The van der Waals surface area contributed by atoms with E-state index in [0.29, 0.717) is 5.82 Å². The van der Waals surface area contributed by atoms with Crippen LogP contribution in [0.5, 0.6) is 0 Å². The van der Waals surface area contributed by atoms with E-state index >= 15 is 0 Å². The molecule has 0 aliphatic rings. The van der Waals surface area contributed by atoms with Crippen LogP contribution in [-0.2, 0) is 0 Å². The molecule has 5 heteroatoms. The number of nitrogens with zero attached hydrogens (tertiary/aromatic N) is 4. The Labute approximate surface area is 123 Å². The lowest BCUT2D eigenvalue weighted by atomic mass is 9.98. The molecule has 0 saturated heterocycles. The van der Waals surface area contributed by atoms with E-state index in [4.69, 9.17) is 5.73 Å². The van der Waals surface area contributed by atoms with Gasteiger partial charge in [0.25, 0.3) is 0 Å². The SMILES string of the molecule is CCC(c1c(C)cc(N)nc1C)n1nnc2ccccc21. The molecule has 1 aromatic carbocycles. The number of nitrogens with two attached hydrogens (primary N) is 1. The third-order valence-electron chi connectivity index (χ3n) is 3.87. The number of nitrogen functional groups attached to an aromatic ring is 1. The number of aryl methyl sites for hydroxylation is 2. The quantitative estimate of drug-likeness (QED) is 0.801. The predicted molar refractivity (Wildman–Crippen MR) is 84.1 cm³/mol. The Bertz CT molecular complexity index is 767. The largest absolute Gasteiger partial charge is 0.384 e. The van der Waals surface area contributed by atoms with Crippen molar-refractivity contribution in [1.82, 2.24) is 20.0 Å². The van der Waals surface area contributed by atoms with Gasteiger partial charge in [-0.1, -0.05) is 24.3 Å². The Balaban J connectivity index is 2.19. The molecule has 108 valence electrons. The van der Waals surface area contributed by atoms with Crippen molar-refractivity contribution in [3.05, 3.63) is 47.2 Å². The van der Waals surface area contributed by atoms with Crippen LogP contribution in [0.1, 0.15) is 36.2 Å². The molecule has 3 rings (SSSR count). The zero-order valence-electron chi connectivity index (χ0n) is 12.5. The Morgan fingerprint density at radius 3 is 2.71 bits per heavy atom. The van der Waals surface area contributed by atoms with Crippen LogP contribution in [0, 0.1) is 13.8 Å². The van der Waals surface area contributed by atoms with Crippen molar-refractivity contribution < 1.29 is 0 Å². The maximum Gasteiger partial charge on any atom is 0.123 e. The highest BCUT2D eigenvalue weighted by atomic mass is 15.4. The van der Waals surface area contributed by atoms with Gasteiger partial charge in [0.15, 0.2) is 0 Å². The highest BCUT2D eigenvalue weighted by Gasteiger charge is 2.20. The fraction of sp³-hybridized carbons (Fsp3) is 0.312. The molecule has 0 spiro atoms. The zero-order valence-corrected chi connectivity index (χ0v) is 12.5. The van der Waals surface area contributed by atoms with E-state index in [-0.39, 0.29) is 6.04 Å². The first-order valence-electron chi connectivity index (χ1n) is 7.15. The number of rotatable bonds is 3. The summed E-state index contributed by atoms with van der Waals surface area (Å²) in [6.45, 7) is 6.22. The third-order valence-corrected chi connectivity index (χ3v) is 3.87. The van der Waals surface area contributed by atoms with Crippen molar-refractivity contribution in [2.24, 2.45) is 0 Å². The highest BCUT2D eigenvalue weighted by molar-refractivity contribution is 5.74. The average Bonchev–Trinajstić information content (AvgIpc) is 2.86. The molecular formula is C16H19N5. The number of hydrogen-bond acceptors (Lipinski definition) is 4. The molecule has 2 heterocycles. The van der Waals surface area contributed by atoms with Gasteiger partial charge in [0.1, 0.15) is 11.3 Å². The van der Waals surface area contributed by atoms with Crippen LogP contribution < -0.4 is 5.73 Å². The Hall–Kier alpha value is -2.43. The summed E-state index contributed by atoms with van der Waals surface area (Å²) in [4.78, 5) is 4.41. The van der Waals surface area contributed by atoms with Crippen LogP contribution in [0.2, 0.25) is 0 Å². The second-order valence-electron chi connectivity index (χ2n) is 5.31. The maximum absolute atomic E-state index is 5.83. The van der Waals surface area contributed by atoms with E-state index in [1.165, 1.54) is 5.56 Å². The zero-order chi connectivity index (χ0) is 15.0. The lowest BCUT2D eigenvalue weighted by Crippen LogP contribution is -2.15. The lowest BCUT2D eigenvalue weighted by molar-refractivity contribution is 0.502. The smallest absolute Gasteiger partial charge is 0.123 e. The molecule has 3 aromatic rings. The fourth-order valence-corrected chi connectivity index (χ4v) is 2.99. The Kier molecular flexibility index (Phi) is 3.33. The molecular weight excluding hydrogens is 262 g/mol. The monoisotopic (exact) mass is 281 g/mol. The second-order valence-corrected chi connectivity index (χ2v) is 5.31. The van der Waals surface area contributed by atoms with Crippen LogP contribution in [0.25, 0.3) is 11.0 Å². The highest BCUT2D eigenvalue weighted by Crippen LogP contribution is 2.29. The molecule has 0 radical (unpaired) electrons. The number of hydrogen-bond donors (Lipinski definition) is 1. The second kappa shape index (κ2) is 5.16. The number of pyridine rings is 1. The van der Waals surface area contributed by atoms with E-state index in [2.05, 4.69) is 29.1 Å². The van der Waals surface area contributed by atoms with E-state index in [9.17, 15) is 0 Å². The van der Waals surface area contributed by atoms with E-state index < -0.39 is 0 Å². The normalized spacial score (nSPS) is 12.7. The summed E-state index contributed by atoms with van der Waals surface area (Å²) < 4.78 is 1.99. The topological polar surface area (TPSA) is 69.6 Å². The van der Waals surface area contributed by atoms with Crippen molar-refractivity contribution in [2.45, 2.75) is 33.2 Å². The van der Waals surface area contributed by atoms with Crippen LogP contribution in [0.4, 0.5) is 5.82 Å². The van der Waals surface area contributed by atoms with Gasteiger partial charge in [-0.15, -0.1) is 5.10 Å². The van der Waals surface area contributed by atoms with Gasteiger partial charge in [-0.3, -0.25) is 0 Å². The van der Waals surface area contributed by atoms with Crippen molar-refractivity contribution in [2.75, 3.05) is 5.73 Å². The first-order chi connectivity index (χ1) is 10.1. The predicted octanol–water partition coefficient (Wildman–Crippen LogP) is 3.02. The van der Waals surface area contributed by atoms with Crippen molar-refractivity contribution in [3.63, 3.8) is 0 Å². The summed E-state index contributed by atoms with van der Waals surface area (Å²) in [6.07, 6.45) is 0.917. The van der Waals surface area contributed by atoms with Gasteiger partial charge >= 0.3 is 0 Å². The first kappa shape index (κ1) is 13.5. The van der Waals surface area contributed by atoms with Crippen molar-refractivity contribution in [1.29, 1.82) is 0 Å².